The normalized spacial score (nSPS) is 16.2. The van der Waals surface area contributed by atoms with Crippen LogP contribution < -0.4 is 0 Å². The van der Waals surface area contributed by atoms with E-state index < -0.39 is 24.5 Å². The minimum absolute atomic E-state index is 2.24. The molecule has 74 valence electrons. The molecule has 0 N–H and O–H groups in total. The average Bonchev–Trinajstić information content (AvgIpc) is 1.82. The summed E-state index contributed by atoms with van der Waals surface area (Å²) >= 11 is 4.19. The summed E-state index contributed by atoms with van der Waals surface area (Å²) in [5, 5.41) is 0. The Balaban J connectivity index is 3.93. The monoisotopic (exact) mass is 216 g/mol. The fraction of sp³-hybridized carbons (Fsp3) is 1.00. The van der Waals surface area contributed by atoms with Crippen LogP contribution in [0.25, 0.3) is 0 Å². The Hall–Kier alpha value is -0.170. The van der Waals surface area contributed by atoms with Gasteiger partial charge in [0, 0.05) is 0 Å². The van der Waals surface area contributed by atoms with Crippen molar-refractivity contribution in [3.63, 3.8) is 0 Å². The van der Waals surface area contributed by atoms with E-state index in [1.165, 1.54) is 0 Å². The van der Waals surface area contributed by atoms with Crippen LogP contribution in [0.3, 0.4) is 0 Å². The summed E-state index contributed by atoms with van der Waals surface area (Å²) in [4.78, 5) is 0. The average molecular weight is 217 g/mol. The van der Waals surface area contributed by atoms with Gasteiger partial charge in [0.25, 0.3) is 5.63 Å². The molecule has 0 aliphatic rings. The first kappa shape index (κ1) is 11.8. The van der Waals surface area contributed by atoms with Crippen LogP contribution in [0.15, 0.2) is 0 Å². The van der Waals surface area contributed by atoms with E-state index >= 15 is 0 Å². The van der Waals surface area contributed by atoms with Crippen LogP contribution in [0.5, 0.6) is 0 Å². The summed E-state index contributed by atoms with van der Waals surface area (Å²) in [6.45, 7) is -2.24. The minimum atomic E-state index is -4.94. The van der Waals surface area contributed by atoms with Crippen molar-refractivity contribution in [2.45, 2.75) is 17.9 Å². The number of ether oxygens (including phenoxy) is 1. The number of hydrogen-bond acceptors (Lipinski definition) is 1. The molecule has 0 rings (SSSR count). The maximum Gasteiger partial charge on any atom is 0.412 e. The Morgan fingerprint density at radius 2 is 1.58 bits per heavy atom. The van der Waals surface area contributed by atoms with Gasteiger partial charge in [0.2, 0.25) is 0 Å². The van der Waals surface area contributed by atoms with Gasteiger partial charge in [-0.25, -0.2) is 4.39 Å². The van der Waals surface area contributed by atoms with Crippen molar-refractivity contribution in [1.29, 1.82) is 0 Å². The molecule has 0 saturated carbocycles. The van der Waals surface area contributed by atoms with Crippen LogP contribution in [0, 0.1) is 0 Å². The van der Waals surface area contributed by atoms with E-state index in [2.05, 4.69) is 16.3 Å². The highest BCUT2D eigenvalue weighted by molar-refractivity contribution is 6.20. The lowest BCUT2D eigenvalue weighted by Crippen LogP contribution is -2.33. The summed E-state index contributed by atoms with van der Waals surface area (Å²) in [6, 6.07) is 0. The van der Waals surface area contributed by atoms with Crippen LogP contribution in [0.1, 0.15) is 0 Å². The molecule has 0 bridgehead atoms. The van der Waals surface area contributed by atoms with Gasteiger partial charge in [-0.2, -0.15) is 22.0 Å². The van der Waals surface area contributed by atoms with E-state index in [0.717, 1.165) is 0 Å². The SMILES string of the molecule is F[C@@H](Cl)C(F)(F)OCC(F)(F)F. The zero-order valence-electron chi connectivity index (χ0n) is 5.34. The van der Waals surface area contributed by atoms with Crippen molar-refractivity contribution in [2.75, 3.05) is 6.61 Å². The smallest absolute Gasteiger partial charge is 0.308 e. The third kappa shape index (κ3) is 4.66. The second-order valence-electron chi connectivity index (χ2n) is 1.77. The van der Waals surface area contributed by atoms with Gasteiger partial charge < -0.3 is 4.74 Å². The largest absolute Gasteiger partial charge is 0.412 e. The summed E-state index contributed by atoms with van der Waals surface area (Å²) < 4.78 is 71.8. The van der Waals surface area contributed by atoms with Crippen molar-refractivity contribution in [1.82, 2.24) is 0 Å². The molecule has 0 aliphatic heterocycles. The summed E-state index contributed by atoms with van der Waals surface area (Å²) in [5.74, 6) is 0. The second kappa shape index (κ2) is 3.69. The topological polar surface area (TPSA) is 9.23 Å². The second-order valence-corrected chi connectivity index (χ2v) is 2.15. The van der Waals surface area contributed by atoms with E-state index in [1.807, 2.05) is 0 Å². The lowest BCUT2D eigenvalue weighted by atomic mass is 10.6. The fourth-order valence-corrected chi connectivity index (χ4v) is 0.304. The van der Waals surface area contributed by atoms with E-state index in [-0.39, 0.29) is 0 Å². The van der Waals surface area contributed by atoms with Crippen molar-refractivity contribution < 1.29 is 31.1 Å². The van der Waals surface area contributed by atoms with Gasteiger partial charge in [0.15, 0.2) is 0 Å². The molecule has 1 atom stereocenters. The highest BCUT2D eigenvalue weighted by Gasteiger charge is 2.44. The first-order valence-corrected chi connectivity index (χ1v) is 2.95. The Kier molecular flexibility index (Phi) is 3.64. The molecule has 0 aromatic rings. The third-order valence-corrected chi connectivity index (χ3v) is 0.936. The lowest BCUT2D eigenvalue weighted by Gasteiger charge is -2.17. The van der Waals surface area contributed by atoms with Crippen molar-refractivity contribution >= 4 is 11.6 Å². The first-order chi connectivity index (χ1) is 5.15. The Bertz CT molecular complexity index is 143. The molecule has 0 aromatic carbocycles. The highest BCUT2D eigenvalue weighted by Crippen LogP contribution is 2.28. The van der Waals surface area contributed by atoms with Gasteiger partial charge in [0.05, 0.1) is 0 Å². The number of alkyl halides is 7. The molecule has 12 heavy (non-hydrogen) atoms. The third-order valence-electron chi connectivity index (χ3n) is 0.682. The molecular weight excluding hydrogens is 213 g/mol. The maximum absolute atomic E-state index is 11.8. The number of rotatable bonds is 3. The van der Waals surface area contributed by atoms with Gasteiger partial charge in [-0.05, 0) is 0 Å². The Morgan fingerprint density at radius 3 is 1.83 bits per heavy atom. The van der Waals surface area contributed by atoms with Crippen LogP contribution in [-0.4, -0.2) is 24.5 Å². The molecule has 0 heterocycles. The lowest BCUT2D eigenvalue weighted by molar-refractivity contribution is -0.299. The molecule has 8 heteroatoms. The first-order valence-electron chi connectivity index (χ1n) is 2.52. The van der Waals surface area contributed by atoms with Crippen LogP contribution >= 0.6 is 11.6 Å². The zero-order chi connectivity index (χ0) is 9.99. The summed E-state index contributed by atoms with van der Waals surface area (Å²) in [7, 11) is 0. The Labute approximate surface area is 68.2 Å². The number of hydrogen-bond donors (Lipinski definition) is 0. The summed E-state index contributed by atoms with van der Waals surface area (Å²) in [5.41, 5.74) is -3.29. The zero-order valence-corrected chi connectivity index (χ0v) is 6.09. The molecule has 0 spiro atoms. The molecule has 0 saturated heterocycles. The van der Waals surface area contributed by atoms with Crippen LogP contribution in [0.4, 0.5) is 26.3 Å². The van der Waals surface area contributed by atoms with E-state index in [4.69, 9.17) is 0 Å². The van der Waals surface area contributed by atoms with Gasteiger partial charge in [-0.1, -0.05) is 11.6 Å². The molecule has 0 amide bonds. The predicted molar refractivity (Wildman–Crippen MR) is 27.7 cm³/mol. The van der Waals surface area contributed by atoms with Gasteiger partial charge >= 0.3 is 12.3 Å². The predicted octanol–water partition coefficient (Wildman–Crippen LogP) is 2.69. The molecule has 0 radical (unpaired) electrons. The van der Waals surface area contributed by atoms with Crippen molar-refractivity contribution in [3.8, 4) is 0 Å². The van der Waals surface area contributed by atoms with Gasteiger partial charge in [-0.3, -0.25) is 0 Å². The van der Waals surface area contributed by atoms with Crippen molar-refractivity contribution in [3.05, 3.63) is 0 Å². The minimum Gasteiger partial charge on any atom is -0.308 e. The molecule has 1 nitrogen and oxygen atoms in total. The molecule has 0 unspecified atom stereocenters. The molecule has 0 fully saturated rings. The fourth-order valence-electron chi connectivity index (χ4n) is 0.241. The molecule has 0 aromatic heterocycles. The highest BCUT2D eigenvalue weighted by atomic mass is 35.5. The van der Waals surface area contributed by atoms with Gasteiger partial charge in [-0.15, -0.1) is 0 Å². The van der Waals surface area contributed by atoms with E-state index in [1.54, 1.807) is 0 Å². The molecule has 0 aliphatic carbocycles. The van der Waals surface area contributed by atoms with Crippen molar-refractivity contribution in [2.24, 2.45) is 0 Å². The van der Waals surface area contributed by atoms with Crippen LogP contribution in [0.2, 0.25) is 0 Å². The number of halogens is 7. The molecular formula is C4H3ClF6O. The van der Waals surface area contributed by atoms with Gasteiger partial charge in [0.1, 0.15) is 6.61 Å². The maximum atomic E-state index is 11.8. The van der Waals surface area contributed by atoms with E-state index in [0.29, 0.717) is 0 Å². The van der Waals surface area contributed by atoms with Crippen LogP contribution in [-0.2, 0) is 4.74 Å². The standard InChI is InChI=1S/C4H3ClF6O/c5-2(6)4(10,11)12-1-3(7,8)9/h2H,1H2/t2-/m1/s1. The van der Waals surface area contributed by atoms with E-state index in [9.17, 15) is 26.3 Å². The Morgan fingerprint density at radius 1 is 1.17 bits per heavy atom. The summed E-state index contributed by atoms with van der Waals surface area (Å²) in [6.07, 6.45) is -9.55. The quantitative estimate of drug-likeness (QED) is 0.521.